The Kier molecular flexibility index (Phi) is 7.05. The Morgan fingerprint density at radius 1 is 1.24 bits per heavy atom. The maximum atomic E-state index is 13.6. The van der Waals surface area contributed by atoms with Crippen molar-refractivity contribution < 1.29 is 18.0 Å². The molecule has 10 nitrogen and oxygen atoms in total. The van der Waals surface area contributed by atoms with Gasteiger partial charge in [0, 0.05) is 72.9 Å². The number of likely N-dealkylation sites (N-methyl/N-ethyl adjacent to an activating group) is 1. The highest BCUT2D eigenvalue weighted by atomic mass is 35.5. The van der Waals surface area contributed by atoms with Crippen LogP contribution in [-0.4, -0.2) is 90.6 Å². The van der Waals surface area contributed by atoms with E-state index in [1.54, 1.807) is 29.2 Å². The van der Waals surface area contributed by atoms with Gasteiger partial charge in [-0.25, -0.2) is 13.4 Å². The van der Waals surface area contributed by atoms with Crippen molar-refractivity contribution in [1.82, 2.24) is 29.4 Å². The van der Waals surface area contributed by atoms with E-state index in [4.69, 9.17) is 11.6 Å². The number of thiazole rings is 1. The quantitative estimate of drug-likeness (QED) is 0.491. The molecule has 0 spiro atoms. The molecule has 1 fully saturated rings. The maximum Gasteiger partial charge on any atom is 0.283 e. The van der Waals surface area contributed by atoms with Crippen molar-refractivity contribution in [2.75, 3.05) is 40.3 Å². The Balaban J connectivity index is 1.41. The van der Waals surface area contributed by atoms with E-state index in [2.05, 4.69) is 34.2 Å². The molecular weight excluding hydrogens is 536 g/mol. The zero-order chi connectivity index (χ0) is 26.5. The fourth-order valence-electron chi connectivity index (χ4n) is 4.92. The molecule has 0 bridgehead atoms. The smallest absolute Gasteiger partial charge is 0.283 e. The number of fused-ring (bicyclic) bond motifs is 2. The molecule has 13 heteroatoms. The van der Waals surface area contributed by atoms with Crippen LogP contribution in [-0.2, 0) is 21.2 Å². The summed E-state index contributed by atoms with van der Waals surface area (Å²) in [5, 5.41) is 4.23. The topological polar surface area (TPSA) is 119 Å². The Bertz CT molecular complexity index is 1470. The standard InChI is InChI=1S/C24H29ClN6O4S2/c1-14-22-19(6-7-29(14)3)28-23(36-22)24(33)31-9-8-30(13-17(31)12-20(32)26-2)37(34,35)21-11-15-10-16(25)4-5-18(15)27-21/h4-5,10-11,14,17,27H,6-9,12-13H2,1-3H3,(H,26,32). The van der Waals surface area contributed by atoms with E-state index in [1.165, 1.54) is 22.7 Å². The van der Waals surface area contributed by atoms with Crippen molar-refractivity contribution in [2.45, 2.75) is 36.9 Å². The molecule has 3 aromatic rings. The van der Waals surface area contributed by atoms with Gasteiger partial charge in [-0.1, -0.05) is 11.6 Å². The molecule has 198 valence electrons. The maximum absolute atomic E-state index is 13.6. The fraction of sp³-hybridized carbons (Fsp3) is 0.458. The molecule has 1 saturated heterocycles. The van der Waals surface area contributed by atoms with Crippen LogP contribution in [0.25, 0.3) is 10.9 Å². The number of nitrogens with one attached hydrogen (secondary N) is 2. The number of hydrogen-bond acceptors (Lipinski definition) is 7. The highest BCUT2D eigenvalue weighted by Gasteiger charge is 2.39. The summed E-state index contributed by atoms with van der Waals surface area (Å²) in [6.45, 7) is 3.24. The number of hydrogen-bond donors (Lipinski definition) is 2. The van der Waals surface area contributed by atoms with E-state index >= 15 is 0 Å². The normalized spacial score (nSPS) is 21.2. The third-order valence-corrected chi connectivity index (χ3v) is 10.5. The Hall–Kier alpha value is -2.51. The van der Waals surface area contributed by atoms with Gasteiger partial charge >= 0.3 is 0 Å². The van der Waals surface area contributed by atoms with E-state index in [1.807, 2.05) is 0 Å². The largest absolute Gasteiger partial charge is 0.359 e. The number of benzene rings is 1. The van der Waals surface area contributed by atoms with Crippen LogP contribution < -0.4 is 5.32 Å². The van der Waals surface area contributed by atoms with Crippen molar-refractivity contribution in [3.8, 4) is 0 Å². The van der Waals surface area contributed by atoms with Gasteiger partial charge in [0.05, 0.1) is 11.7 Å². The van der Waals surface area contributed by atoms with E-state index in [-0.39, 0.29) is 48.9 Å². The number of rotatable bonds is 5. The molecule has 0 aliphatic carbocycles. The lowest BCUT2D eigenvalue weighted by Crippen LogP contribution is -2.57. The minimum atomic E-state index is -3.90. The summed E-state index contributed by atoms with van der Waals surface area (Å²) in [5.74, 6) is -0.531. The molecule has 2 N–H and O–H groups in total. The van der Waals surface area contributed by atoms with Crippen LogP contribution in [0, 0.1) is 0 Å². The summed E-state index contributed by atoms with van der Waals surface area (Å²) >= 11 is 7.45. The number of amides is 2. The lowest BCUT2D eigenvalue weighted by Gasteiger charge is -2.40. The Labute approximate surface area is 224 Å². The third kappa shape index (κ3) is 4.88. The van der Waals surface area contributed by atoms with Crippen molar-refractivity contribution in [3.05, 3.63) is 44.9 Å². The number of sulfonamides is 1. The Morgan fingerprint density at radius 2 is 2.03 bits per heavy atom. The van der Waals surface area contributed by atoms with Crippen molar-refractivity contribution in [2.24, 2.45) is 0 Å². The molecule has 0 saturated carbocycles. The predicted molar refractivity (Wildman–Crippen MR) is 142 cm³/mol. The summed E-state index contributed by atoms with van der Waals surface area (Å²) in [4.78, 5) is 38.5. The van der Waals surface area contributed by atoms with Gasteiger partial charge in [0.15, 0.2) is 5.01 Å². The molecule has 2 aliphatic heterocycles. The van der Waals surface area contributed by atoms with Crippen LogP contribution in [0.5, 0.6) is 0 Å². The SMILES string of the molecule is CNC(=O)CC1CN(S(=O)(=O)c2cc3cc(Cl)ccc3[nH]2)CCN1C(=O)c1nc2c(s1)C(C)N(C)CC2. The van der Waals surface area contributed by atoms with Crippen LogP contribution in [0.15, 0.2) is 29.3 Å². The van der Waals surface area contributed by atoms with Crippen molar-refractivity contribution >= 4 is 55.7 Å². The van der Waals surface area contributed by atoms with Gasteiger partial charge in [0.2, 0.25) is 5.91 Å². The second-order valence-electron chi connectivity index (χ2n) is 9.49. The second kappa shape index (κ2) is 9.99. The zero-order valence-electron chi connectivity index (χ0n) is 20.8. The van der Waals surface area contributed by atoms with E-state index in [0.29, 0.717) is 20.9 Å². The predicted octanol–water partition coefficient (Wildman–Crippen LogP) is 2.48. The molecule has 2 unspecified atom stereocenters. The summed E-state index contributed by atoms with van der Waals surface area (Å²) in [7, 11) is -0.322. The highest BCUT2D eigenvalue weighted by Crippen LogP contribution is 2.34. The monoisotopic (exact) mass is 564 g/mol. The van der Waals surface area contributed by atoms with Crippen LogP contribution in [0.4, 0.5) is 0 Å². The number of carbonyl (C=O) groups is 2. The van der Waals surface area contributed by atoms with E-state index in [9.17, 15) is 18.0 Å². The van der Waals surface area contributed by atoms with Crippen LogP contribution >= 0.6 is 22.9 Å². The summed E-state index contributed by atoms with van der Waals surface area (Å²) in [6.07, 6.45) is 0.768. The molecule has 2 aliphatic rings. The van der Waals surface area contributed by atoms with Gasteiger partial charge in [-0.2, -0.15) is 4.31 Å². The number of nitrogens with zero attached hydrogens (tertiary/aromatic N) is 4. The number of H-pyrrole nitrogens is 1. The van der Waals surface area contributed by atoms with Gasteiger partial charge < -0.3 is 15.2 Å². The number of halogens is 1. The molecular formula is C24H29ClN6O4S2. The number of aromatic amines is 1. The zero-order valence-corrected chi connectivity index (χ0v) is 23.2. The summed E-state index contributed by atoms with van der Waals surface area (Å²) < 4.78 is 28.4. The Morgan fingerprint density at radius 3 is 2.78 bits per heavy atom. The number of carbonyl (C=O) groups excluding carboxylic acids is 2. The first kappa shape index (κ1) is 26.1. The molecule has 5 rings (SSSR count). The molecule has 2 aromatic heterocycles. The van der Waals surface area contributed by atoms with Crippen LogP contribution in [0.3, 0.4) is 0 Å². The van der Waals surface area contributed by atoms with Crippen molar-refractivity contribution in [1.29, 1.82) is 0 Å². The molecule has 0 radical (unpaired) electrons. The lowest BCUT2D eigenvalue weighted by atomic mass is 10.1. The minimum Gasteiger partial charge on any atom is -0.359 e. The van der Waals surface area contributed by atoms with E-state index in [0.717, 1.165) is 23.5 Å². The second-order valence-corrected chi connectivity index (χ2v) is 12.9. The average Bonchev–Trinajstić information content (AvgIpc) is 3.51. The molecule has 1 aromatic carbocycles. The first-order chi connectivity index (χ1) is 17.6. The van der Waals surface area contributed by atoms with Crippen LogP contribution in [0.2, 0.25) is 5.02 Å². The minimum absolute atomic E-state index is 0.00183. The molecule has 4 heterocycles. The molecule has 2 amide bonds. The van der Waals surface area contributed by atoms with Gasteiger partial charge in [0.25, 0.3) is 15.9 Å². The van der Waals surface area contributed by atoms with Gasteiger partial charge in [0.1, 0.15) is 5.03 Å². The molecule has 37 heavy (non-hydrogen) atoms. The first-order valence-electron chi connectivity index (χ1n) is 12.1. The summed E-state index contributed by atoms with van der Waals surface area (Å²) in [5.41, 5.74) is 1.60. The van der Waals surface area contributed by atoms with Crippen LogP contribution in [0.1, 0.15) is 39.8 Å². The van der Waals surface area contributed by atoms with Gasteiger partial charge in [-0.3, -0.25) is 14.5 Å². The number of piperazine rings is 1. The van der Waals surface area contributed by atoms with Gasteiger partial charge in [-0.15, -0.1) is 11.3 Å². The first-order valence-corrected chi connectivity index (χ1v) is 14.7. The van der Waals surface area contributed by atoms with Gasteiger partial charge in [-0.05, 0) is 38.2 Å². The number of aromatic nitrogens is 2. The van der Waals surface area contributed by atoms with Crippen molar-refractivity contribution in [3.63, 3.8) is 0 Å². The average molecular weight is 565 g/mol. The molecule has 2 atom stereocenters. The highest BCUT2D eigenvalue weighted by molar-refractivity contribution is 7.89. The van der Waals surface area contributed by atoms with E-state index < -0.39 is 16.1 Å². The third-order valence-electron chi connectivity index (χ3n) is 7.23. The lowest BCUT2D eigenvalue weighted by molar-refractivity contribution is -0.121. The summed E-state index contributed by atoms with van der Waals surface area (Å²) in [6, 6.07) is 6.22. The fourth-order valence-corrected chi connectivity index (χ4v) is 7.77.